The molecule has 0 spiro atoms. The number of nitrogens with zero attached hydrogens (tertiary/aromatic N) is 1. The van der Waals surface area contributed by atoms with Gasteiger partial charge in [-0.25, -0.2) is 4.98 Å². The van der Waals surface area contributed by atoms with Crippen molar-refractivity contribution in [3.63, 3.8) is 0 Å². The topological polar surface area (TPSA) is 51.2 Å². The third-order valence-corrected chi connectivity index (χ3v) is 4.65. The third kappa shape index (κ3) is 3.81. The number of carbonyl (C=O) groups is 1. The van der Waals surface area contributed by atoms with E-state index < -0.39 is 0 Å². The number of hydrogen-bond acceptors (Lipinski definition) is 4. The molecule has 1 amide bonds. The Labute approximate surface area is 143 Å². The minimum absolute atomic E-state index is 0.0734. The van der Waals surface area contributed by atoms with E-state index in [0.29, 0.717) is 15.9 Å². The molecule has 1 aromatic heterocycles. The Morgan fingerprint density at radius 1 is 1.26 bits per heavy atom. The van der Waals surface area contributed by atoms with Crippen molar-refractivity contribution in [3.8, 4) is 5.75 Å². The zero-order valence-electron chi connectivity index (χ0n) is 12.7. The number of aryl methyl sites for hydroxylation is 2. The summed E-state index contributed by atoms with van der Waals surface area (Å²) in [6.45, 7) is 3.84. The molecule has 0 aliphatic heterocycles. The maximum atomic E-state index is 12.0. The number of carbonyl (C=O) groups excluding carboxylic acids is 1. The van der Waals surface area contributed by atoms with Gasteiger partial charge >= 0.3 is 0 Å². The van der Waals surface area contributed by atoms with E-state index in [2.05, 4.69) is 16.4 Å². The minimum Gasteiger partial charge on any atom is -0.484 e. The average Bonchev–Trinajstić information content (AvgIpc) is 2.89. The van der Waals surface area contributed by atoms with E-state index in [1.54, 1.807) is 18.2 Å². The Bertz CT molecular complexity index is 876. The van der Waals surface area contributed by atoms with Gasteiger partial charge < -0.3 is 4.74 Å². The largest absolute Gasteiger partial charge is 0.484 e. The lowest BCUT2D eigenvalue weighted by molar-refractivity contribution is -0.118. The van der Waals surface area contributed by atoms with Crippen LogP contribution in [-0.4, -0.2) is 17.5 Å². The predicted molar refractivity (Wildman–Crippen MR) is 94.7 cm³/mol. The van der Waals surface area contributed by atoms with E-state index in [1.165, 1.54) is 16.9 Å². The summed E-state index contributed by atoms with van der Waals surface area (Å²) in [5.74, 6) is 0.371. The zero-order valence-corrected chi connectivity index (χ0v) is 14.3. The fourth-order valence-corrected chi connectivity index (χ4v) is 3.19. The van der Waals surface area contributed by atoms with Gasteiger partial charge in [0.05, 0.1) is 10.2 Å². The van der Waals surface area contributed by atoms with Gasteiger partial charge in [-0.15, -0.1) is 0 Å². The molecule has 1 heterocycles. The monoisotopic (exact) mass is 346 g/mol. The first-order chi connectivity index (χ1) is 11.0. The van der Waals surface area contributed by atoms with Crippen LogP contribution in [0.15, 0.2) is 36.4 Å². The molecule has 0 aliphatic carbocycles. The van der Waals surface area contributed by atoms with Gasteiger partial charge in [0.2, 0.25) is 0 Å². The molecular formula is C17H15ClN2O2S. The number of amides is 1. The Kier molecular flexibility index (Phi) is 4.50. The normalized spacial score (nSPS) is 10.7. The van der Waals surface area contributed by atoms with Crippen LogP contribution in [0, 0.1) is 13.8 Å². The average molecular weight is 347 g/mol. The number of fused-ring (bicyclic) bond motifs is 1. The summed E-state index contributed by atoms with van der Waals surface area (Å²) >= 11 is 7.41. The lowest BCUT2D eigenvalue weighted by Gasteiger charge is -2.07. The number of benzene rings is 2. The third-order valence-electron chi connectivity index (χ3n) is 3.29. The summed E-state index contributed by atoms with van der Waals surface area (Å²) in [4.78, 5) is 16.4. The van der Waals surface area contributed by atoms with Crippen molar-refractivity contribution >= 4 is 44.2 Å². The molecule has 2 aromatic carbocycles. The smallest absolute Gasteiger partial charge is 0.264 e. The molecule has 4 nitrogen and oxygen atoms in total. The summed E-state index contributed by atoms with van der Waals surface area (Å²) in [7, 11) is 0. The number of ether oxygens (including phenoxy) is 1. The highest BCUT2D eigenvalue weighted by atomic mass is 35.5. The molecule has 6 heteroatoms. The van der Waals surface area contributed by atoms with Gasteiger partial charge in [0.25, 0.3) is 5.91 Å². The number of aromatic nitrogens is 1. The summed E-state index contributed by atoms with van der Waals surface area (Å²) < 4.78 is 6.53. The van der Waals surface area contributed by atoms with Crippen LogP contribution in [0.4, 0.5) is 5.13 Å². The highest BCUT2D eigenvalue weighted by molar-refractivity contribution is 7.22. The number of rotatable bonds is 4. The van der Waals surface area contributed by atoms with Gasteiger partial charge in [-0.1, -0.05) is 29.0 Å². The summed E-state index contributed by atoms with van der Waals surface area (Å²) in [6, 6.07) is 11.3. The van der Waals surface area contributed by atoms with Gasteiger partial charge in [-0.2, -0.15) is 0 Å². The molecule has 118 valence electrons. The summed E-state index contributed by atoms with van der Waals surface area (Å²) in [6.07, 6.45) is 0. The molecule has 3 rings (SSSR count). The first kappa shape index (κ1) is 15.8. The standard InChI is InChI=1S/C17H15ClN2O2S/c1-10-3-6-14-15(7-10)23-17(19-14)20-16(21)9-22-12-4-5-13(18)11(2)8-12/h3-8H,9H2,1-2H3,(H,19,20,21). The van der Waals surface area contributed by atoms with E-state index in [0.717, 1.165) is 15.8 Å². The van der Waals surface area contributed by atoms with E-state index in [9.17, 15) is 4.79 Å². The minimum atomic E-state index is -0.242. The number of halogens is 1. The lowest BCUT2D eigenvalue weighted by Crippen LogP contribution is -2.20. The van der Waals surface area contributed by atoms with Crippen molar-refractivity contribution in [2.45, 2.75) is 13.8 Å². The quantitative estimate of drug-likeness (QED) is 0.752. The van der Waals surface area contributed by atoms with E-state index in [1.807, 2.05) is 26.0 Å². The van der Waals surface area contributed by atoms with Gasteiger partial charge in [-0.3, -0.25) is 10.1 Å². The first-order valence-corrected chi connectivity index (χ1v) is 8.27. The van der Waals surface area contributed by atoms with Gasteiger partial charge in [-0.05, 0) is 55.3 Å². The van der Waals surface area contributed by atoms with E-state index >= 15 is 0 Å². The second kappa shape index (κ2) is 6.56. The van der Waals surface area contributed by atoms with Gasteiger partial charge in [0.1, 0.15) is 5.75 Å². The Morgan fingerprint density at radius 2 is 2.09 bits per heavy atom. The van der Waals surface area contributed by atoms with Crippen LogP contribution in [0.3, 0.4) is 0 Å². The molecule has 3 aromatic rings. The van der Waals surface area contributed by atoms with Crippen molar-refractivity contribution in [1.29, 1.82) is 0 Å². The number of nitrogens with one attached hydrogen (secondary N) is 1. The second-order valence-electron chi connectivity index (χ2n) is 5.24. The van der Waals surface area contributed by atoms with Crippen molar-refractivity contribution in [1.82, 2.24) is 4.98 Å². The second-order valence-corrected chi connectivity index (χ2v) is 6.68. The number of anilines is 1. The fourth-order valence-electron chi connectivity index (χ4n) is 2.10. The highest BCUT2D eigenvalue weighted by Crippen LogP contribution is 2.26. The number of thiazole rings is 1. The van der Waals surface area contributed by atoms with E-state index in [-0.39, 0.29) is 12.5 Å². The molecule has 1 N–H and O–H groups in total. The highest BCUT2D eigenvalue weighted by Gasteiger charge is 2.09. The van der Waals surface area contributed by atoms with E-state index in [4.69, 9.17) is 16.3 Å². The van der Waals surface area contributed by atoms with Crippen LogP contribution in [-0.2, 0) is 4.79 Å². The molecule has 0 saturated heterocycles. The van der Waals surface area contributed by atoms with Crippen LogP contribution < -0.4 is 10.1 Å². The van der Waals surface area contributed by atoms with Crippen molar-refractivity contribution in [3.05, 3.63) is 52.5 Å². The fraction of sp³-hybridized carbons (Fsp3) is 0.176. The lowest BCUT2D eigenvalue weighted by atomic mass is 10.2. The summed E-state index contributed by atoms with van der Waals surface area (Å²) in [5.41, 5.74) is 2.96. The van der Waals surface area contributed by atoms with Crippen molar-refractivity contribution in [2.24, 2.45) is 0 Å². The van der Waals surface area contributed by atoms with Crippen LogP contribution in [0.2, 0.25) is 5.02 Å². The molecule has 0 atom stereocenters. The molecular weight excluding hydrogens is 332 g/mol. The van der Waals surface area contributed by atoms with Crippen LogP contribution in [0.25, 0.3) is 10.2 Å². The molecule has 23 heavy (non-hydrogen) atoms. The Balaban J connectivity index is 1.62. The molecule has 0 aliphatic rings. The molecule has 0 saturated carbocycles. The van der Waals surface area contributed by atoms with Crippen molar-refractivity contribution in [2.75, 3.05) is 11.9 Å². The maximum absolute atomic E-state index is 12.0. The molecule has 0 unspecified atom stereocenters. The SMILES string of the molecule is Cc1ccc2nc(NC(=O)COc3ccc(Cl)c(C)c3)sc2c1. The maximum Gasteiger partial charge on any atom is 0.264 e. The summed E-state index contributed by atoms with van der Waals surface area (Å²) in [5, 5.41) is 4.01. The van der Waals surface area contributed by atoms with Crippen molar-refractivity contribution < 1.29 is 9.53 Å². The Morgan fingerprint density at radius 3 is 2.87 bits per heavy atom. The molecule has 0 bridgehead atoms. The van der Waals surface area contributed by atoms with Gasteiger partial charge in [0, 0.05) is 5.02 Å². The molecule has 0 fully saturated rings. The number of hydrogen-bond donors (Lipinski definition) is 1. The molecule has 0 radical (unpaired) electrons. The van der Waals surface area contributed by atoms with Crippen LogP contribution in [0.5, 0.6) is 5.75 Å². The zero-order chi connectivity index (χ0) is 16.4. The predicted octanol–water partition coefficient (Wildman–Crippen LogP) is 4.58. The van der Waals surface area contributed by atoms with Gasteiger partial charge in [0.15, 0.2) is 11.7 Å². The Hall–Kier alpha value is -2.11. The van der Waals surface area contributed by atoms with Crippen LogP contribution in [0.1, 0.15) is 11.1 Å². The first-order valence-electron chi connectivity index (χ1n) is 7.07. The van der Waals surface area contributed by atoms with Crippen LogP contribution >= 0.6 is 22.9 Å².